The second-order valence-electron chi connectivity index (χ2n) is 7.23. The maximum atomic E-state index is 13.9. The summed E-state index contributed by atoms with van der Waals surface area (Å²) < 4.78 is 25.7. The molecule has 2 N–H and O–H groups in total. The lowest BCUT2D eigenvalue weighted by molar-refractivity contribution is 0.174. The fraction of sp³-hybridized carbons (Fsp3) is 0.174. The molecular weight excluding hydrogens is 451 g/mol. The van der Waals surface area contributed by atoms with Gasteiger partial charge in [-0.3, -0.25) is 10.3 Å². The van der Waals surface area contributed by atoms with Crippen LogP contribution in [0.2, 0.25) is 0 Å². The van der Waals surface area contributed by atoms with E-state index in [0.29, 0.717) is 23.5 Å². The minimum absolute atomic E-state index is 0.195. The molecule has 0 fully saturated rings. The fourth-order valence-electron chi connectivity index (χ4n) is 3.81. The van der Waals surface area contributed by atoms with E-state index in [1.807, 2.05) is 30.3 Å². The van der Waals surface area contributed by atoms with Crippen LogP contribution in [0.25, 0.3) is 0 Å². The van der Waals surface area contributed by atoms with Gasteiger partial charge in [0.2, 0.25) is 6.79 Å². The number of rotatable bonds is 3. The van der Waals surface area contributed by atoms with E-state index in [-0.39, 0.29) is 24.4 Å². The maximum absolute atomic E-state index is 13.9. The van der Waals surface area contributed by atoms with Crippen LogP contribution in [0.4, 0.5) is 4.39 Å². The smallest absolute Gasteiger partial charge is 0.231 e. The Bertz CT molecular complexity index is 1150. The summed E-state index contributed by atoms with van der Waals surface area (Å²) in [5.41, 5.74) is 3.21. The number of nitrogens with one attached hydrogen (secondary N) is 1. The van der Waals surface area contributed by atoms with E-state index >= 15 is 0 Å². The van der Waals surface area contributed by atoms with Crippen molar-refractivity contribution in [3.8, 4) is 17.2 Å². The number of fused-ring (bicyclic) bond motifs is 1. The number of halogens is 2. The van der Waals surface area contributed by atoms with Crippen molar-refractivity contribution >= 4 is 21.6 Å². The van der Waals surface area contributed by atoms with Gasteiger partial charge in [-0.15, -0.1) is 0 Å². The van der Waals surface area contributed by atoms with E-state index in [4.69, 9.17) is 14.5 Å². The zero-order valence-electron chi connectivity index (χ0n) is 15.8. The van der Waals surface area contributed by atoms with Crippen LogP contribution in [0, 0.1) is 5.82 Å². The maximum Gasteiger partial charge on any atom is 0.231 e. The van der Waals surface area contributed by atoms with Crippen molar-refractivity contribution in [1.29, 1.82) is 0 Å². The summed E-state index contributed by atoms with van der Waals surface area (Å²) in [5.74, 6) is 1.26. The van der Waals surface area contributed by atoms with Crippen molar-refractivity contribution in [3.63, 3.8) is 0 Å². The van der Waals surface area contributed by atoms with Gasteiger partial charge in [-0.2, -0.15) is 0 Å². The molecule has 0 spiro atoms. The summed E-state index contributed by atoms with van der Waals surface area (Å²) in [6.07, 6.45) is 0.0911. The Hall–Kier alpha value is -2.90. The molecule has 2 aliphatic rings. The molecule has 0 unspecified atom stereocenters. The molecule has 152 valence electrons. The Labute approximate surface area is 181 Å². The predicted molar refractivity (Wildman–Crippen MR) is 115 cm³/mol. The van der Waals surface area contributed by atoms with Crippen LogP contribution in [0.15, 0.2) is 70.1 Å². The Morgan fingerprint density at radius 3 is 2.77 bits per heavy atom. The van der Waals surface area contributed by atoms with E-state index in [0.717, 1.165) is 21.3 Å². The van der Waals surface area contributed by atoms with Gasteiger partial charge >= 0.3 is 0 Å². The van der Waals surface area contributed by atoms with Gasteiger partial charge in [-0.1, -0.05) is 28.1 Å². The first-order valence-electron chi connectivity index (χ1n) is 9.53. The number of hydrogen-bond donors (Lipinski definition) is 2. The molecule has 0 radical (unpaired) electrons. The second-order valence-corrected chi connectivity index (χ2v) is 8.14. The summed E-state index contributed by atoms with van der Waals surface area (Å²) in [6.45, 7) is 0.202. The molecule has 7 heteroatoms. The largest absolute Gasteiger partial charge is 0.508 e. The Kier molecular flexibility index (Phi) is 4.92. The van der Waals surface area contributed by atoms with Gasteiger partial charge in [-0.25, -0.2) is 4.39 Å². The summed E-state index contributed by atoms with van der Waals surface area (Å²) in [7, 11) is 0. The van der Waals surface area contributed by atoms with Crippen molar-refractivity contribution in [1.82, 2.24) is 5.32 Å². The minimum Gasteiger partial charge on any atom is -0.508 e. The summed E-state index contributed by atoms with van der Waals surface area (Å²) in [4.78, 5) is 4.87. The first kappa shape index (κ1) is 19.1. The van der Waals surface area contributed by atoms with E-state index in [9.17, 15) is 9.50 Å². The second kappa shape index (κ2) is 7.74. The number of ether oxygens (including phenoxy) is 2. The van der Waals surface area contributed by atoms with Gasteiger partial charge in [0.1, 0.15) is 17.7 Å². The van der Waals surface area contributed by atoms with Crippen LogP contribution >= 0.6 is 15.9 Å². The number of nitrogens with zero attached hydrogens (tertiary/aromatic N) is 1. The standard InChI is InChI=1S/C23H18BrFN2O3/c24-15-5-6-20(28)17(10-15)19-11-18(13-4-7-21-22(9-13)30-12-29-21)26-23(27-19)14-2-1-3-16(25)8-14/h1-10,19,23,27-28H,11-12H2/t19-,23+/m1/s1. The molecule has 0 saturated heterocycles. The number of hydrogen-bond acceptors (Lipinski definition) is 5. The van der Waals surface area contributed by atoms with Crippen molar-refractivity contribution in [2.75, 3.05) is 6.79 Å². The molecular formula is C23H18BrFN2O3. The number of phenolic OH excluding ortho intramolecular Hbond substituents is 1. The molecule has 0 aliphatic carbocycles. The fourth-order valence-corrected chi connectivity index (χ4v) is 4.19. The predicted octanol–water partition coefficient (Wildman–Crippen LogP) is 5.25. The average molecular weight is 469 g/mol. The minimum atomic E-state index is -0.460. The zero-order valence-corrected chi connectivity index (χ0v) is 17.4. The highest BCUT2D eigenvalue weighted by molar-refractivity contribution is 9.10. The molecule has 2 heterocycles. The molecule has 5 rings (SSSR count). The normalized spacial score (nSPS) is 20.1. The van der Waals surface area contributed by atoms with Crippen LogP contribution in [0.3, 0.4) is 0 Å². The molecule has 3 aromatic rings. The molecule has 30 heavy (non-hydrogen) atoms. The Morgan fingerprint density at radius 2 is 1.90 bits per heavy atom. The van der Waals surface area contributed by atoms with Crippen LogP contribution < -0.4 is 14.8 Å². The first-order chi connectivity index (χ1) is 14.6. The lowest BCUT2D eigenvalue weighted by Gasteiger charge is -2.31. The van der Waals surface area contributed by atoms with Gasteiger partial charge in [0.05, 0.1) is 0 Å². The molecule has 0 aromatic heterocycles. The Morgan fingerprint density at radius 1 is 1.03 bits per heavy atom. The quantitative estimate of drug-likeness (QED) is 0.551. The highest BCUT2D eigenvalue weighted by atomic mass is 79.9. The molecule has 0 amide bonds. The summed E-state index contributed by atoms with van der Waals surface area (Å²) >= 11 is 3.48. The van der Waals surface area contributed by atoms with Crippen LogP contribution in [0.5, 0.6) is 17.2 Å². The van der Waals surface area contributed by atoms with E-state index in [1.54, 1.807) is 18.2 Å². The van der Waals surface area contributed by atoms with Crippen LogP contribution in [-0.2, 0) is 0 Å². The third-order valence-electron chi connectivity index (χ3n) is 5.28. The first-order valence-corrected chi connectivity index (χ1v) is 10.3. The van der Waals surface area contributed by atoms with E-state index < -0.39 is 6.17 Å². The SMILES string of the molecule is Oc1ccc(Br)cc1[C@H]1CC(c2ccc3c(c2)OCO3)=N[C@H](c2cccc(F)c2)N1. The van der Waals surface area contributed by atoms with Gasteiger partial charge in [0.25, 0.3) is 0 Å². The average Bonchev–Trinajstić information content (AvgIpc) is 3.23. The summed E-state index contributed by atoms with van der Waals surface area (Å²) in [5, 5.41) is 13.9. The van der Waals surface area contributed by atoms with Crippen molar-refractivity contribution in [3.05, 3.63) is 87.6 Å². The number of benzene rings is 3. The highest BCUT2D eigenvalue weighted by Crippen LogP contribution is 2.38. The number of phenols is 1. The van der Waals surface area contributed by atoms with Gasteiger partial charge in [0.15, 0.2) is 11.5 Å². The zero-order chi connectivity index (χ0) is 20.7. The molecule has 5 nitrogen and oxygen atoms in total. The number of aliphatic imine (C=N–C) groups is 1. The van der Waals surface area contributed by atoms with Crippen LogP contribution in [-0.4, -0.2) is 17.6 Å². The van der Waals surface area contributed by atoms with Crippen molar-refractivity contribution < 1.29 is 19.0 Å². The van der Waals surface area contributed by atoms with Gasteiger partial charge in [-0.05, 0) is 59.7 Å². The topological polar surface area (TPSA) is 63.1 Å². The molecule has 0 saturated carbocycles. The van der Waals surface area contributed by atoms with E-state index in [1.165, 1.54) is 12.1 Å². The molecule has 0 bridgehead atoms. The third-order valence-corrected chi connectivity index (χ3v) is 5.77. The molecule has 2 atom stereocenters. The third kappa shape index (κ3) is 3.66. The van der Waals surface area contributed by atoms with E-state index in [2.05, 4.69) is 21.2 Å². The summed E-state index contributed by atoms with van der Waals surface area (Å²) in [6, 6.07) is 17.2. The highest BCUT2D eigenvalue weighted by Gasteiger charge is 2.29. The Balaban J connectivity index is 1.58. The number of aromatic hydroxyl groups is 1. The molecule has 3 aromatic carbocycles. The van der Waals surface area contributed by atoms with Crippen molar-refractivity contribution in [2.45, 2.75) is 18.6 Å². The van der Waals surface area contributed by atoms with Crippen LogP contribution in [0.1, 0.15) is 35.3 Å². The lowest BCUT2D eigenvalue weighted by Crippen LogP contribution is -2.33. The lowest BCUT2D eigenvalue weighted by atomic mass is 9.93. The monoisotopic (exact) mass is 468 g/mol. The van der Waals surface area contributed by atoms with Gasteiger partial charge < -0.3 is 14.6 Å². The van der Waals surface area contributed by atoms with Gasteiger partial charge in [0, 0.05) is 28.2 Å². The molecule has 2 aliphatic heterocycles. The van der Waals surface area contributed by atoms with Crippen molar-refractivity contribution in [2.24, 2.45) is 4.99 Å².